The van der Waals surface area contributed by atoms with Crippen LogP contribution in [0.1, 0.15) is 31.7 Å². The van der Waals surface area contributed by atoms with E-state index in [0.29, 0.717) is 0 Å². The second-order valence-corrected chi connectivity index (χ2v) is 8.19. The first-order chi connectivity index (χ1) is 15.5. The van der Waals surface area contributed by atoms with Crippen LogP contribution >= 0.6 is 0 Å². The van der Waals surface area contributed by atoms with Crippen molar-refractivity contribution in [2.45, 2.75) is 37.8 Å². The minimum atomic E-state index is -0.631. The van der Waals surface area contributed by atoms with E-state index < -0.39 is 11.6 Å². The highest BCUT2D eigenvalue weighted by Gasteiger charge is 2.27. The maximum Gasteiger partial charge on any atom is 0.129 e. The molecule has 0 aliphatic heterocycles. The number of benzene rings is 1. The molecule has 9 heteroatoms. The molecular formula is C23H24F2N6O. The summed E-state index contributed by atoms with van der Waals surface area (Å²) in [7, 11) is 3.72. The Kier molecular flexibility index (Phi) is 5.24. The van der Waals surface area contributed by atoms with Crippen molar-refractivity contribution in [3.05, 3.63) is 54.5 Å². The molecule has 166 valence electrons. The number of hydrogen-bond donors (Lipinski definition) is 1. The fourth-order valence-electron chi connectivity index (χ4n) is 4.40. The number of rotatable bonds is 5. The van der Waals surface area contributed by atoms with Gasteiger partial charge in [-0.3, -0.25) is 9.36 Å². The van der Waals surface area contributed by atoms with Crippen LogP contribution in [0.2, 0.25) is 0 Å². The van der Waals surface area contributed by atoms with Crippen molar-refractivity contribution in [2.24, 2.45) is 7.05 Å². The Morgan fingerprint density at radius 2 is 1.78 bits per heavy atom. The number of hydrogen-bond acceptors (Lipinski definition) is 5. The van der Waals surface area contributed by atoms with Gasteiger partial charge in [0.15, 0.2) is 0 Å². The van der Waals surface area contributed by atoms with Crippen LogP contribution < -0.4 is 10.1 Å². The fourth-order valence-corrected chi connectivity index (χ4v) is 4.40. The first kappa shape index (κ1) is 20.4. The second kappa shape index (κ2) is 8.22. The summed E-state index contributed by atoms with van der Waals surface area (Å²) in [6.07, 6.45) is 8.77. The summed E-state index contributed by atoms with van der Waals surface area (Å²) in [5.41, 5.74) is 2.82. The fraction of sp³-hybridized carbons (Fsp3) is 0.348. The minimum absolute atomic E-state index is 0.0818. The van der Waals surface area contributed by atoms with Crippen LogP contribution in [-0.2, 0) is 7.05 Å². The minimum Gasteiger partial charge on any atom is -0.490 e. The Hall–Kier alpha value is -3.49. The number of nitrogens with one attached hydrogen (secondary N) is 1. The van der Waals surface area contributed by atoms with Gasteiger partial charge in [-0.1, -0.05) is 0 Å². The lowest BCUT2D eigenvalue weighted by Crippen LogP contribution is -2.26. The van der Waals surface area contributed by atoms with Crippen LogP contribution in [0.4, 0.5) is 14.6 Å². The zero-order chi connectivity index (χ0) is 22.2. The van der Waals surface area contributed by atoms with Crippen molar-refractivity contribution in [1.29, 1.82) is 0 Å². The lowest BCUT2D eigenvalue weighted by atomic mass is 9.93. The Bertz CT molecular complexity index is 1240. The highest BCUT2D eigenvalue weighted by atomic mass is 19.1. The van der Waals surface area contributed by atoms with Gasteiger partial charge in [-0.2, -0.15) is 10.2 Å². The molecule has 4 aromatic rings. The molecule has 5 rings (SSSR count). The van der Waals surface area contributed by atoms with Gasteiger partial charge in [0.25, 0.3) is 0 Å². The van der Waals surface area contributed by atoms with E-state index in [0.717, 1.165) is 59.7 Å². The summed E-state index contributed by atoms with van der Waals surface area (Å²) in [5.74, 6) is -0.247. The Balaban J connectivity index is 1.40. The second-order valence-electron chi connectivity index (χ2n) is 8.19. The van der Waals surface area contributed by atoms with Crippen LogP contribution in [-0.4, -0.2) is 37.7 Å². The van der Waals surface area contributed by atoms with E-state index in [-0.39, 0.29) is 17.9 Å². The lowest BCUT2D eigenvalue weighted by molar-refractivity contribution is 0.130. The largest absolute Gasteiger partial charge is 0.490 e. The molecule has 1 aliphatic rings. The van der Waals surface area contributed by atoms with Crippen LogP contribution in [0, 0.1) is 11.6 Å². The molecule has 3 heterocycles. The van der Waals surface area contributed by atoms with E-state index in [2.05, 4.69) is 20.1 Å². The Morgan fingerprint density at radius 1 is 1.03 bits per heavy atom. The molecule has 0 bridgehead atoms. The standard InChI is InChI=1S/C23H24F2N6O/c1-26-22-10-21-20(12-27-22)23(14-11-28-30(2)13-14)29-31(21)17-3-5-18(6-4-17)32-19-8-15(24)7-16(25)9-19/h7-13,17-18H,3-6H2,1-2H3,(H,26,27)/t17-,18+. The normalized spacial score (nSPS) is 18.8. The molecule has 0 saturated heterocycles. The van der Waals surface area contributed by atoms with Gasteiger partial charge in [-0.05, 0) is 25.7 Å². The van der Waals surface area contributed by atoms with Crippen LogP contribution in [0.25, 0.3) is 22.2 Å². The van der Waals surface area contributed by atoms with E-state index in [9.17, 15) is 8.78 Å². The van der Waals surface area contributed by atoms with E-state index in [1.807, 2.05) is 32.6 Å². The Labute approximate surface area is 184 Å². The molecule has 0 amide bonds. The number of pyridine rings is 1. The van der Waals surface area contributed by atoms with Gasteiger partial charge in [-0.25, -0.2) is 13.8 Å². The van der Waals surface area contributed by atoms with Gasteiger partial charge in [0.2, 0.25) is 0 Å². The highest BCUT2D eigenvalue weighted by Crippen LogP contribution is 2.36. The summed E-state index contributed by atoms with van der Waals surface area (Å²) in [5, 5.41) is 13.3. The summed E-state index contributed by atoms with van der Waals surface area (Å²) in [6.45, 7) is 0. The summed E-state index contributed by atoms with van der Waals surface area (Å²) in [4.78, 5) is 4.48. The van der Waals surface area contributed by atoms with Crippen molar-refractivity contribution in [2.75, 3.05) is 12.4 Å². The van der Waals surface area contributed by atoms with E-state index >= 15 is 0 Å². The SMILES string of the molecule is CNc1cc2c(cn1)c(-c1cnn(C)c1)nn2[C@H]1CC[C@@H](Oc2cc(F)cc(F)c2)CC1. The third-order valence-corrected chi connectivity index (χ3v) is 5.95. The number of aryl methyl sites for hydroxylation is 1. The predicted octanol–water partition coefficient (Wildman–Crippen LogP) is 4.71. The van der Waals surface area contributed by atoms with Crippen LogP contribution in [0.15, 0.2) is 42.9 Å². The molecule has 32 heavy (non-hydrogen) atoms. The van der Waals surface area contributed by atoms with E-state index in [1.54, 1.807) is 10.9 Å². The molecule has 0 radical (unpaired) electrons. The smallest absolute Gasteiger partial charge is 0.129 e. The average Bonchev–Trinajstić information content (AvgIpc) is 3.36. The maximum absolute atomic E-state index is 13.5. The molecule has 7 nitrogen and oxygen atoms in total. The van der Waals surface area contributed by atoms with Gasteiger partial charge in [0.05, 0.1) is 23.9 Å². The predicted molar refractivity (Wildman–Crippen MR) is 118 cm³/mol. The van der Waals surface area contributed by atoms with E-state index in [1.165, 1.54) is 12.1 Å². The molecule has 0 unspecified atom stereocenters. The molecule has 1 fully saturated rings. The summed E-state index contributed by atoms with van der Waals surface area (Å²) in [6, 6.07) is 5.51. The maximum atomic E-state index is 13.5. The molecular weight excluding hydrogens is 414 g/mol. The van der Waals surface area contributed by atoms with Crippen molar-refractivity contribution < 1.29 is 13.5 Å². The summed E-state index contributed by atoms with van der Waals surface area (Å²) < 4.78 is 36.6. The summed E-state index contributed by atoms with van der Waals surface area (Å²) >= 11 is 0. The molecule has 0 atom stereocenters. The van der Waals surface area contributed by atoms with Crippen LogP contribution in [0.3, 0.4) is 0 Å². The molecule has 1 N–H and O–H groups in total. The quantitative estimate of drug-likeness (QED) is 0.489. The number of fused-ring (bicyclic) bond motifs is 1. The van der Waals surface area contributed by atoms with Crippen molar-refractivity contribution >= 4 is 16.7 Å². The molecule has 3 aromatic heterocycles. The number of aromatic nitrogens is 5. The zero-order valence-electron chi connectivity index (χ0n) is 17.9. The molecule has 0 spiro atoms. The average molecular weight is 438 g/mol. The third-order valence-electron chi connectivity index (χ3n) is 5.95. The van der Waals surface area contributed by atoms with Crippen LogP contribution in [0.5, 0.6) is 5.75 Å². The Morgan fingerprint density at radius 3 is 2.44 bits per heavy atom. The lowest BCUT2D eigenvalue weighted by Gasteiger charge is -2.29. The van der Waals surface area contributed by atoms with E-state index in [4.69, 9.17) is 9.84 Å². The first-order valence-corrected chi connectivity index (χ1v) is 10.7. The van der Waals surface area contributed by atoms with Crippen molar-refractivity contribution in [3.63, 3.8) is 0 Å². The van der Waals surface area contributed by atoms with Crippen molar-refractivity contribution in [3.8, 4) is 17.0 Å². The van der Waals surface area contributed by atoms with Gasteiger partial charge >= 0.3 is 0 Å². The van der Waals surface area contributed by atoms with Gasteiger partial charge in [0, 0.05) is 61.7 Å². The van der Waals surface area contributed by atoms with Gasteiger partial charge in [-0.15, -0.1) is 0 Å². The molecule has 1 saturated carbocycles. The first-order valence-electron chi connectivity index (χ1n) is 10.7. The topological polar surface area (TPSA) is 69.8 Å². The highest BCUT2D eigenvalue weighted by molar-refractivity contribution is 5.93. The van der Waals surface area contributed by atoms with Gasteiger partial charge < -0.3 is 10.1 Å². The molecule has 1 aromatic carbocycles. The number of anilines is 1. The number of ether oxygens (including phenoxy) is 1. The zero-order valence-corrected chi connectivity index (χ0v) is 17.9. The third kappa shape index (κ3) is 3.90. The molecule has 1 aliphatic carbocycles. The van der Waals surface area contributed by atoms with Gasteiger partial charge in [0.1, 0.15) is 28.9 Å². The van der Waals surface area contributed by atoms with Crippen molar-refractivity contribution in [1.82, 2.24) is 24.5 Å². The number of nitrogens with zero attached hydrogens (tertiary/aromatic N) is 5. The monoisotopic (exact) mass is 438 g/mol. The number of halogens is 2.